The minimum absolute atomic E-state index is 0.311. The van der Waals surface area contributed by atoms with Gasteiger partial charge in [-0.15, -0.1) is 0 Å². The summed E-state index contributed by atoms with van der Waals surface area (Å²) in [7, 11) is 3.06. The lowest BCUT2D eigenvalue weighted by Gasteiger charge is -2.12. The maximum Gasteiger partial charge on any atom is 0.274 e. The number of nitrogens with zero attached hydrogens (tertiary/aromatic N) is 2. The Morgan fingerprint density at radius 1 is 1.23 bits per heavy atom. The molecule has 0 radical (unpaired) electrons. The molecule has 0 bridgehead atoms. The van der Waals surface area contributed by atoms with E-state index in [1.165, 1.54) is 23.8 Å². The molecule has 1 amide bonds. The maximum atomic E-state index is 13.7. The molecule has 136 valence electrons. The second kappa shape index (κ2) is 7.43. The van der Waals surface area contributed by atoms with E-state index in [-0.39, 0.29) is 0 Å². The molecule has 0 saturated carbocycles. The molecule has 0 aliphatic heterocycles. The molecule has 2 aromatic heterocycles. The summed E-state index contributed by atoms with van der Waals surface area (Å²) in [5, 5.41) is 2.82. The second-order valence-electron chi connectivity index (χ2n) is 5.75. The van der Waals surface area contributed by atoms with Crippen molar-refractivity contribution in [3.8, 4) is 11.5 Å². The molecule has 0 aliphatic rings. The zero-order valence-electron chi connectivity index (χ0n) is 14.9. The number of carbonyl (C=O) groups excluding carboxylic acids is 1. The van der Waals surface area contributed by atoms with Crippen LogP contribution in [0.15, 0.2) is 36.5 Å². The number of methoxy groups -OCH3 is 2. The van der Waals surface area contributed by atoms with Crippen LogP contribution in [0.3, 0.4) is 0 Å². The number of hydrogen-bond acceptors (Lipinski definition) is 4. The number of amides is 1. The molecule has 6 nitrogen and oxygen atoms in total. The van der Waals surface area contributed by atoms with Crippen LogP contribution in [0.4, 0.5) is 10.1 Å². The SMILES string of the molecule is CCCc1nc2ccc(F)cn2c1C(=O)Nc1cc(OC)ccc1OC. The molecule has 1 N–H and O–H groups in total. The summed E-state index contributed by atoms with van der Waals surface area (Å²) in [6.07, 6.45) is 2.69. The standard InChI is InChI=1S/C19H20FN3O3/c1-4-5-14-18(23-11-12(20)6-9-17(23)21-14)19(24)22-15-10-13(25-2)7-8-16(15)26-3/h6-11H,4-5H2,1-3H3,(H,22,24). The first-order chi connectivity index (χ1) is 12.6. The van der Waals surface area contributed by atoms with Crippen molar-refractivity contribution in [3.05, 3.63) is 53.7 Å². The molecule has 26 heavy (non-hydrogen) atoms. The number of rotatable bonds is 6. The van der Waals surface area contributed by atoms with Crippen LogP contribution >= 0.6 is 0 Å². The highest BCUT2D eigenvalue weighted by Crippen LogP contribution is 2.29. The summed E-state index contributed by atoms with van der Waals surface area (Å²) in [5.74, 6) is 0.249. The van der Waals surface area contributed by atoms with Crippen molar-refractivity contribution in [2.45, 2.75) is 19.8 Å². The molecule has 2 heterocycles. The third kappa shape index (κ3) is 3.33. The minimum Gasteiger partial charge on any atom is -0.497 e. The number of benzene rings is 1. The summed E-state index contributed by atoms with van der Waals surface area (Å²) >= 11 is 0. The Kier molecular flexibility index (Phi) is 5.06. The molecule has 3 rings (SSSR count). The Bertz CT molecular complexity index is 953. The van der Waals surface area contributed by atoms with Gasteiger partial charge in [0.15, 0.2) is 0 Å². The number of hydrogen-bond donors (Lipinski definition) is 1. The van der Waals surface area contributed by atoms with Crippen LogP contribution in [0.5, 0.6) is 11.5 Å². The second-order valence-corrected chi connectivity index (χ2v) is 5.75. The number of aryl methyl sites for hydroxylation is 1. The number of aromatic nitrogens is 2. The van der Waals surface area contributed by atoms with E-state index in [0.29, 0.717) is 40.6 Å². The highest BCUT2D eigenvalue weighted by atomic mass is 19.1. The van der Waals surface area contributed by atoms with E-state index in [4.69, 9.17) is 9.47 Å². The van der Waals surface area contributed by atoms with Crippen LogP contribution in [0, 0.1) is 5.82 Å². The number of ether oxygens (including phenoxy) is 2. The molecule has 0 fully saturated rings. The van der Waals surface area contributed by atoms with Gasteiger partial charge >= 0.3 is 0 Å². The number of carbonyl (C=O) groups is 1. The normalized spacial score (nSPS) is 10.8. The van der Waals surface area contributed by atoms with Crippen LogP contribution in [0.2, 0.25) is 0 Å². The van der Waals surface area contributed by atoms with Crippen molar-refractivity contribution in [3.63, 3.8) is 0 Å². The van der Waals surface area contributed by atoms with Crippen molar-refractivity contribution < 1.29 is 18.7 Å². The largest absolute Gasteiger partial charge is 0.497 e. The average molecular weight is 357 g/mol. The van der Waals surface area contributed by atoms with Gasteiger partial charge in [-0.05, 0) is 30.7 Å². The number of halogens is 1. The van der Waals surface area contributed by atoms with Gasteiger partial charge in [-0.3, -0.25) is 9.20 Å². The third-order valence-corrected chi connectivity index (χ3v) is 4.01. The monoisotopic (exact) mass is 357 g/mol. The zero-order chi connectivity index (χ0) is 18.7. The minimum atomic E-state index is -0.439. The molecule has 0 atom stereocenters. The topological polar surface area (TPSA) is 64.9 Å². The lowest BCUT2D eigenvalue weighted by molar-refractivity contribution is 0.102. The first kappa shape index (κ1) is 17.7. The highest BCUT2D eigenvalue weighted by Gasteiger charge is 2.20. The molecular weight excluding hydrogens is 337 g/mol. The van der Waals surface area contributed by atoms with Gasteiger partial charge in [0.2, 0.25) is 0 Å². The predicted octanol–water partition coefficient (Wildman–Crippen LogP) is 3.70. The van der Waals surface area contributed by atoms with E-state index in [2.05, 4.69) is 10.3 Å². The lowest BCUT2D eigenvalue weighted by atomic mass is 10.2. The van der Waals surface area contributed by atoms with Gasteiger partial charge in [-0.1, -0.05) is 13.3 Å². The molecule has 1 aromatic carbocycles. The van der Waals surface area contributed by atoms with Crippen molar-refractivity contribution in [2.24, 2.45) is 0 Å². The first-order valence-corrected chi connectivity index (χ1v) is 8.27. The van der Waals surface area contributed by atoms with Gasteiger partial charge in [0.1, 0.15) is 28.7 Å². The van der Waals surface area contributed by atoms with Crippen molar-refractivity contribution >= 4 is 17.2 Å². The van der Waals surface area contributed by atoms with E-state index >= 15 is 0 Å². The Balaban J connectivity index is 2.05. The van der Waals surface area contributed by atoms with E-state index in [1.807, 2.05) is 6.92 Å². The summed E-state index contributed by atoms with van der Waals surface area (Å²) in [4.78, 5) is 17.4. The van der Waals surface area contributed by atoms with Crippen molar-refractivity contribution in [1.82, 2.24) is 9.38 Å². The van der Waals surface area contributed by atoms with E-state index in [1.54, 1.807) is 31.4 Å². The molecule has 0 aliphatic carbocycles. The van der Waals surface area contributed by atoms with Crippen molar-refractivity contribution in [1.29, 1.82) is 0 Å². The highest BCUT2D eigenvalue weighted by molar-refractivity contribution is 6.05. The molecule has 3 aromatic rings. The summed E-state index contributed by atoms with van der Waals surface area (Å²) in [6.45, 7) is 2.00. The number of anilines is 1. The van der Waals surface area contributed by atoms with Gasteiger partial charge in [0.25, 0.3) is 5.91 Å². The van der Waals surface area contributed by atoms with Crippen LogP contribution < -0.4 is 14.8 Å². The van der Waals surface area contributed by atoms with E-state index < -0.39 is 11.7 Å². The van der Waals surface area contributed by atoms with Gasteiger partial charge in [-0.2, -0.15) is 0 Å². The first-order valence-electron chi connectivity index (χ1n) is 8.27. The van der Waals surface area contributed by atoms with E-state index in [9.17, 15) is 9.18 Å². The Labute approximate surface area is 150 Å². The Morgan fingerprint density at radius 2 is 2.04 bits per heavy atom. The third-order valence-electron chi connectivity index (χ3n) is 4.01. The zero-order valence-corrected chi connectivity index (χ0v) is 14.9. The Hall–Kier alpha value is -3.09. The van der Waals surface area contributed by atoms with Crippen LogP contribution in [0.1, 0.15) is 29.5 Å². The van der Waals surface area contributed by atoms with Crippen LogP contribution in [-0.2, 0) is 6.42 Å². The Morgan fingerprint density at radius 3 is 2.73 bits per heavy atom. The van der Waals surface area contributed by atoms with E-state index in [0.717, 1.165) is 6.42 Å². The molecule has 7 heteroatoms. The van der Waals surface area contributed by atoms with Gasteiger partial charge in [0.05, 0.1) is 25.6 Å². The fourth-order valence-corrected chi connectivity index (χ4v) is 2.81. The number of nitrogens with one attached hydrogen (secondary N) is 1. The van der Waals surface area contributed by atoms with Crippen LogP contribution in [0.25, 0.3) is 5.65 Å². The van der Waals surface area contributed by atoms with Gasteiger partial charge < -0.3 is 14.8 Å². The average Bonchev–Trinajstić information content (AvgIpc) is 2.99. The summed E-state index contributed by atoms with van der Waals surface area (Å²) < 4.78 is 25.7. The lowest BCUT2D eigenvalue weighted by Crippen LogP contribution is -2.17. The fraction of sp³-hybridized carbons (Fsp3) is 0.263. The molecule has 0 spiro atoms. The number of pyridine rings is 1. The van der Waals surface area contributed by atoms with Gasteiger partial charge in [0, 0.05) is 12.3 Å². The maximum absolute atomic E-state index is 13.7. The number of imidazole rings is 1. The summed E-state index contributed by atoms with van der Waals surface area (Å²) in [5.41, 5.74) is 1.92. The van der Waals surface area contributed by atoms with Crippen molar-refractivity contribution in [2.75, 3.05) is 19.5 Å². The summed E-state index contributed by atoms with van der Waals surface area (Å²) in [6, 6.07) is 7.98. The molecule has 0 saturated heterocycles. The van der Waals surface area contributed by atoms with Crippen LogP contribution in [-0.4, -0.2) is 29.5 Å². The van der Waals surface area contributed by atoms with Gasteiger partial charge in [-0.25, -0.2) is 9.37 Å². The molecule has 0 unspecified atom stereocenters. The number of fused-ring (bicyclic) bond motifs is 1. The predicted molar refractivity (Wildman–Crippen MR) is 96.6 cm³/mol. The molecular formula is C19H20FN3O3. The fourth-order valence-electron chi connectivity index (χ4n) is 2.81. The smallest absolute Gasteiger partial charge is 0.274 e. The quantitative estimate of drug-likeness (QED) is 0.731.